The van der Waals surface area contributed by atoms with Gasteiger partial charge in [-0.1, -0.05) is 42.5 Å². The molecule has 3 aromatic carbocycles. The topological polar surface area (TPSA) is 65.4 Å². The van der Waals surface area contributed by atoms with Gasteiger partial charge in [0.25, 0.3) is 5.91 Å². The predicted octanol–water partition coefficient (Wildman–Crippen LogP) is 4.65. The largest absolute Gasteiger partial charge is 0.491 e. The molecule has 6 heteroatoms. The number of rotatable bonds is 7. The Hall–Kier alpha value is -3.64. The van der Waals surface area contributed by atoms with Crippen molar-refractivity contribution in [3.05, 3.63) is 95.8 Å². The predicted molar refractivity (Wildman–Crippen MR) is 127 cm³/mol. The zero-order valence-corrected chi connectivity index (χ0v) is 18.6. The van der Waals surface area contributed by atoms with Gasteiger partial charge < -0.3 is 19.4 Å². The number of ether oxygens (including phenoxy) is 2. The maximum atomic E-state index is 13.2. The molecule has 168 valence electrons. The van der Waals surface area contributed by atoms with Gasteiger partial charge >= 0.3 is 0 Å². The van der Waals surface area contributed by atoms with Crippen molar-refractivity contribution in [1.82, 2.24) is 14.9 Å². The number of nitrogens with one attached hydrogen (secondary N) is 1. The van der Waals surface area contributed by atoms with Gasteiger partial charge in [-0.2, -0.15) is 0 Å². The lowest BCUT2D eigenvalue weighted by atomic mass is 10.1. The van der Waals surface area contributed by atoms with E-state index in [2.05, 4.69) is 5.32 Å². The number of carbonyl (C=O) groups excluding carboxylic acids is 1. The molecule has 5 rings (SSSR count). The molecule has 1 saturated heterocycles. The Morgan fingerprint density at radius 1 is 1.09 bits per heavy atom. The highest BCUT2D eigenvalue weighted by molar-refractivity contribution is 5.94. The van der Waals surface area contributed by atoms with E-state index in [1.165, 1.54) is 0 Å². The van der Waals surface area contributed by atoms with Crippen LogP contribution >= 0.6 is 0 Å². The van der Waals surface area contributed by atoms with E-state index in [1.54, 1.807) is 12.1 Å². The van der Waals surface area contributed by atoms with Gasteiger partial charge in [-0.15, -0.1) is 0 Å². The molecule has 1 aliphatic heterocycles. The van der Waals surface area contributed by atoms with Gasteiger partial charge in [0.1, 0.15) is 24.2 Å². The van der Waals surface area contributed by atoms with Crippen LogP contribution in [0.5, 0.6) is 5.75 Å². The van der Waals surface area contributed by atoms with Crippen molar-refractivity contribution < 1.29 is 14.3 Å². The Labute approximate surface area is 193 Å². The molecule has 0 aliphatic carbocycles. The van der Waals surface area contributed by atoms with Crippen LogP contribution < -0.4 is 10.1 Å². The van der Waals surface area contributed by atoms with Crippen LogP contribution in [0.3, 0.4) is 0 Å². The number of hydrogen-bond acceptors (Lipinski definition) is 4. The van der Waals surface area contributed by atoms with Gasteiger partial charge in [0.2, 0.25) is 0 Å². The molecule has 2 heterocycles. The Balaban J connectivity index is 1.36. The minimum atomic E-state index is -0.383. The van der Waals surface area contributed by atoms with E-state index in [0.29, 0.717) is 12.2 Å². The third-order valence-corrected chi connectivity index (χ3v) is 6.06. The number of aryl methyl sites for hydroxylation is 1. The quantitative estimate of drug-likeness (QED) is 0.453. The Bertz CT molecular complexity index is 1230. The van der Waals surface area contributed by atoms with Gasteiger partial charge in [0, 0.05) is 19.2 Å². The number of benzene rings is 3. The van der Waals surface area contributed by atoms with E-state index in [-0.39, 0.29) is 18.1 Å². The second-order valence-electron chi connectivity index (χ2n) is 8.31. The van der Waals surface area contributed by atoms with Crippen LogP contribution in [0.4, 0.5) is 0 Å². The summed E-state index contributed by atoms with van der Waals surface area (Å²) < 4.78 is 13.5. The van der Waals surface area contributed by atoms with E-state index >= 15 is 0 Å². The fourth-order valence-electron chi connectivity index (χ4n) is 4.25. The van der Waals surface area contributed by atoms with Crippen molar-refractivity contribution in [1.29, 1.82) is 0 Å². The molecule has 33 heavy (non-hydrogen) atoms. The molecule has 0 radical (unpaired) electrons. The molecule has 4 aromatic rings. The highest BCUT2D eigenvalue weighted by atomic mass is 16.5. The third kappa shape index (κ3) is 4.61. The normalized spacial score (nSPS) is 16.6. The van der Waals surface area contributed by atoms with Gasteiger partial charge in [0.15, 0.2) is 0 Å². The first-order valence-electron chi connectivity index (χ1n) is 11.3. The summed E-state index contributed by atoms with van der Waals surface area (Å²) in [5.74, 6) is 1.35. The molecule has 1 amide bonds. The zero-order chi connectivity index (χ0) is 22.6. The van der Waals surface area contributed by atoms with Crippen LogP contribution in [0.2, 0.25) is 0 Å². The van der Waals surface area contributed by atoms with Crippen molar-refractivity contribution in [2.45, 2.75) is 25.0 Å². The fraction of sp³-hybridized carbons (Fsp3) is 0.259. The summed E-state index contributed by atoms with van der Waals surface area (Å²) in [5.41, 5.74) is 3.47. The number of para-hydroxylation sites is 2. The van der Waals surface area contributed by atoms with E-state index in [9.17, 15) is 4.79 Å². The number of nitrogens with zero attached hydrogens (tertiary/aromatic N) is 2. The number of imidazole rings is 1. The first-order chi connectivity index (χ1) is 16.2. The van der Waals surface area contributed by atoms with E-state index in [0.717, 1.165) is 47.6 Å². The Kier molecular flexibility index (Phi) is 6.09. The fourth-order valence-corrected chi connectivity index (χ4v) is 4.25. The monoisotopic (exact) mass is 441 g/mol. The first kappa shape index (κ1) is 21.2. The second-order valence-corrected chi connectivity index (χ2v) is 8.31. The maximum absolute atomic E-state index is 13.2. The molecule has 0 spiro atoms. The highest BCUT2D eigenvalue weighted by Crippen LogP contribution is 2.26. The smallest absolute Gasteiger partial charge is 0.252 e. The summed E-state index contributed by atoms with van der Waals surface area (Å²) in [7, 11) is 1.98. The number of fused-ring (bicyclic) bond motifs is 1. The zero-order valence-electron chi connectivity index (χ0n) is 18.6. The first-order valence-corrected chi connectivity index (χ1v) is 11.3. The number of aromatic nitrogens is 2. The Morgan fingerprint density at radius 2 is 1.85 bits per heavy atom. The van der Waals surface area contributed by atoms with Gasteiger partial charge in [0.05, 0.1) is 17.1 Å². The minimum absolute atomic E-state index is 0.160. The van der Waals surface area contributed by atoms with Gasteiger partial charge in [-0.05, 0) is 54.8 Å². The lowest BCUT2D eigenvalue weighted by Gasteiger charge is -2.19. The van der Waals surface area contributed by atoms with E-state index in [1.807, 2.05) is 78.3 Å². The molecule has 0 bridgehead atoms. The molecule has 2 atom stereocenters. The maximum Gasteiger partial charge on any atom is 0.252 e. The van der Waals surface area contributed by atoms with Crippen LogP contribution in [0.15, 0.2) is 78.9 Å². The lowest BCUT2D eigenvalue weighted by molar-refractivity contribution is 0.0679. The average Bonchev–Trinajstić information content (AvgIpc) is 3.50. The summed E-state index contributed by atoms with van der Waals surface area (Å²) in [5, 5.41) is 3.18. The molecule has 2 unspecified atom stereocenters. The molecular weight excluding hydrogens is 414 g/mol. The van der Waals surface area contributed by atoms with Crippen molar-refractivity contribution in [3.8, 4) is 5.75 Å². The molecule has 1 aliphatic rings. The molecule has 0 saturated carbocycles. The molecule has 1 fully saturated rings. The number of carbonyl (C=O) groups is 1. The van der Waals surface area contributed by atoms with Gasteiger partial charge in [-0.3, -0.25) is 4.79 Å². The summed E-state index contributed by atoms with van der Waals surface area (Å²) >= 11 is 0. The molecule has 1 N–H and O–H groups in total. The molecule has 1 aromatic heterocycles. The highest BCUT2D eigenvalue weighted by Gasteiger charge is 2.23. The SMILES string of the molecule is Cn1c(C(NC(=O)c2ccc(OCC3CCCO3)cc2)c2ccccc2)nc2ccccc21. The van der Waals surface area contributed by atoms with E-state index in [4.69, 9.17) is 14.5 Å². The van der Waals surface area contributed by atoms with Crippen LogP contribution in [0.1, 0.15) is 40.6 Å². The van der Waals surface area contributed by atoms with Gasteiger partial charge in [-0.25, -0.2) is 4.98 Å². The van der Waals surface area contributed by atoms with Crippen LogP contribution in [-0.4, -0.2) is 34.8 Å². The van der Waals surface area contributed by atoms with Crippen molar-refractivity contribution in [3.63, 3.8) is 0 Å². The van der Waals surface area contributed by atoms with Crippen LogP contribution in [-0.2, 0) is 11.8 Å². The van der Waals surface area contributed by atoms with Crippen molar-refractivity contribution in [2.75, 3.05) is 13.2 Å². The number of hydrogen-bond donors (Lipinski definition) is 1. The second kappa shape index (κ2) is 9.46. The number of amides is 1. The average molecular weight is 442 g/mol. The van der Waals surface area contributed by atoms with E-state index < -0.39 is 0 Å². The van der Waals surface area contributed by atoms with Crippen LogP contribution in [0.25, 0.3) is 11.0 Å². The molecule has 6 nitrogen and oxygen atoms in total. The summed E-state index contributed by atoms with van der Waals surface area (Å²) in [4.78, 5) is 18.0. The van der Waals surface area contributed by atoms with Crippen LogP contribution in [0, 0.1) is 0 Å². The minimum Gasteiger partial charge on any atom is -0.491 e. The third-order valence-electron chi connectivity index (χ3n) is 6.06. The summed E-state index contributed by atoms with van der Waals surface area (Å²) in [6, 6.07) is 24.8. The summed E-state index contributed by atoms with van der Waals surface area (Å²) in [6.07, 6.45) is 2.28. The lowest BCUT2D eigenvalue weighted by Crippen LogP contribution is -2.31. The summed E-state index contributed by atoms with van der Waals surface area (Å²) in [6.45, 7) is 1.34. The van der Waals surface area contributed by atoms with Crippen molar-refractivity contribution in [2.24, 2.45) is 7.05 Å². The molecular formula is C27H27N3O3. The standard InChI is InChI=1S/C27H27N3O3/c1-30-24-12-6-5-11-23(24)28-26(30)25(19-8-3-2-4-9-19)29-27(31)20-13-15-21(16-14-20)33-18-22-10-7-17-32-22/h2-6,8-9,11-16,22,25H,7,10,17-18H2,1H3,(H,29,31). The Morgan fingerprint density at radius 3 is 2.58 bits per heavy atom. The van der Waals surface area contributed by atoms with Crippen molar-refractivity contribution >= 4 is 16.9 Å².